The van der Waals surface area contributed by atoms with Crippen molar-refractivity contribution in [1.82, 2.24) is 25.9 Å². The molecule has 5 unspecified atom stereocenters. The van der Waals surface area contributed by atoms with E-state index in [0.717, 1.165) is 0 Å². The molecule has 1 aromatic heterocycles. The molecule has 1 rings (SSSR count). The van der Waals surface area contributed by atoms with E-state index in [4.69, 9.17) is 11.5 Å². The molecule has 0 aliphatic rings. The van der Waals surface area contributed by atoms with Crippen molar-refractivity contribution in [2.45, 2.75) is 70.6 Å². The highest BCUT2D eigenvalue weighted by atomic mass is 16.4. The zero-order valence-electron chi connectivity index (χ0n) is 19.0. The van der Waals surface area contributed by atoms with Crippen LogP contribution in [0.2, 0.25) is 0 Å². The lowest BCUT2D eigenvalue weighted by atomic mass is 9.96. The van der Waals surface area contributed by atoms with Crippen LogP contribution in [-0.4, -0.2) is 68.8 Å². The lowest BCUT2D eigenvalue weighted by Gasteiger charge is -2.28. The Morgan fingerprint density at radius 3 is 2.18 bits per heavy atom. The molecule has 0 radical (unpaired) electrons. The number of nitrogens with one attached hydrogen (secondary N) is 4. The van der Waals surface area contributed by atoms with Crippen LogP contribution in [0.1, 0.15) is 45.7 Å². The van der Waals surface area contributed by atoms with Gasteiger partial charge in [0.1, 0.15) is 18.1 Å². The van der Waals surface area contributed by atoms with Gasteiger partial charge >= 0.3 is 5.97 Å². The van der Waals surface area contributed by atoms with Crippen molar-refractivity contribution in [3.05, 3.63) is 18.2 Å². The highest BCUT2D eigenvalue weighted by Gasteiger charge is 2.32. The summed E-state index contributed by atoms with van der Waals surface area (Å²) in [6.45, 7) is 4.95. The molecule has 1 heterocycles. The maximum absolute atomic E-state index is 12.9. The van der Waals surface area contributed by atoms with Gasteiger partial charge in [-0.1, -0.05) is 20.3 Å². The van der Waals surface area contributed by atoms with E-state index in [-0.39, 0.29) is 25.2 Å². The number of nitrogens with zero attached hydrogens (tertiary/aromatic N) is 1. The van der Waals surface area contributed by atoms with Gasteiger partial charge in [0, 0.05) is 24.7 Å². The van der Waals surface area contributed by atoms with Crippen molar-refractivity contribution in [2.75, 3.05) is 0 Å². The SMILES string of the molecule is CCC(C)C(NC(=O)C(CCC(N)=O)NC(=O)C(C)N)C(=O)NC(Cc1cnc[nH]1)C(=O)O. The molecule has 0 saturated carbocycles. The number of rotatable bonds is 14. The number of aromatic amines is 1. The summed E-state index contributed by atoms with van der Waals surface area (Å²) in [7, 11) is 0. The van der Waals surface area contributed by atoms with Crippen LogP contribution >= 0.6 is 0 Å². The largest absolute Gasteiger partial charge is 0.480 e. The Hall–Kier alpha value is -3.48. The minimum atomic E-state index is -1.26. The average molecular weight is 468 g/mol. The molecule has 13 nitrogen and oxygen atoms in total. The van der Waals surface area contributed by atoms with Crippen LogP contribution < -0.4 is 27.4 Å². The van der Waals surface area contributed by atoms with Gasteiger partial charge in [0.25, 0.3) is 0 Å². The number of imidazole rings is 1. The molecule has 0 saturated heterocycles. The van der Waals surface area contributed by atoms with Crippen LogP contribution in [0, 0.1) is 5.92 Å². The molecule has 0 fully saturated rings. The zero-order valence-corrected chi connectivity index (χ0v) is 19.0. The monoisotopic (exact) mass is 467 g/mol. The van der Waals surface area contributed by atoms with Crippen LogP contribution in [0.3, 0.4) is 0 Å². The van der Waals surface area contributed by atoms with Crippen molar-refractivity contribution in [3.63, 3.8) is 0 Å². The third-order valence-electron chi connectivity index (χ3n) is 5.11. The summed E-state index contributed by atoms with van der Waals surface area (Å²) in [6, 6.07) is -4.41. The molecule has 1 aromatic rings. The van der Waals surface area contributed by atoms with Gasteiger partial charge in [0.05, 0.1) is 12.4 Å². The topological polar surface area (TPSA) is 222 Å². The quantitative estimate of drug-likeness (QED) is 0.164. The molecule has 184 valence electrons. The molecular weight excluding hydrogens is 434 g/mol. The fourth-order valence-electron chi connectivity index (χ4n) is 2.89. The first-order valence-electron chi connectivity index (χ1n) is 10.6. The van der Waals surface area contributed by atoms with Crippen molar-refractivity contribution in [3.8, 4) is 0 Å². The van der Waals surface area contributed by atoms with Gasteiger partial charge < -0.3 is 37.5 Å². The smallest absolute Gasteiger partial charge is 0.326 e. The number of H-pyrrole nitrogens is 1. The van der Waals surface area contributed by atoms with Crippen molar-refractivity contribution >= 4 is 29.6 Å². The number of carbonyl (C=O) groups is 5. The predicted octanol–water partition coefficient (Wildman–Crippen LogP) is -1.85. The minimum Gasteiger partial charge on any atom is -0.480 e. The number of primary amides is 1. The van der Waals surface area contributed by atoms with Crippen molar-refractivity contribution in [1.29, 1.82) is 0 Å². The fourth-order valence-corrected chi connectivity index (χ4v) is 2.89. The molecule has 13 heteroatoms. The summed E-state index contributed by atoms with van der Waals surface area (Å²) in [6.07, 6.45) is 3.03. The average Bonchev–Trinajstić information content (AvgIpc) is 3.26. The molecule has 0 aromatic carbocycles. The first kappa shape index (κ1) is 27.6. The van der Waals surface area contributed by atoms with E-state index in [1.165, 1.54) is 19.4 Å². The van der Waals surface area contributed by atoms with Crippen LogP contribution in [0.25, 0.3) is 0 Å². The van der Waals surface area contributed by atoms with Crippen LogP contribution in [0.15, 0.2) is 12.5 Å². The molecule has 4 amide bonds. The van der Waals surface area contributed by atoms with E-state index in [2.05, 4.69) is 25.9 Å². The van der Waals surface area contributed by atoms with Crippen LogP contribution in [-0.2, 0) is 30.4 Å². The molecule has 9 N–H and O–H groups in total. The first-order chi connectivity index (χ1) is 15.5. The first-order valence-corrected chi connectivity index (χ1v) is 10.6. The standard InChI is InChI=1S/C20H33N7O6/c1-4-10(2)16(19(31)26-14(20(32)33)7-12-8-23-9-24-12)27-18(30)13(5-6-15(22)28)25-17(29)11(3)21/h8-11,13-14,16H,4-7,21H2,1-3H3,(H2,22,28)(H,23,24)(H,25,29)(H,26,31)(H,27,30)(H,32,33). The highest BCUT2D eigenvalue weighted by molar-refractivity contribution is 5.94. The van der Waals surface area contributed by atoms with Gasteiger partial charge in [-0.05, 0) is 19.3 Å². The molecular formula is C20H33N7O6. The number of aromatic nitrogens is 2. The third kappa shape index (κ3) is 9.27. The summed E-state index contributed by atoms with van der Waals surface area (Å²) in [5.74, 6) is -4.31. The zero-order chi connectivity index (χ0) is 25.1. The van der Waals surface area contributed by atoms with E-state index in [1.54, 1.807) is 13.8 Å². The lowest BCUT2D eigenvalue weighted by Crippen LogP contribution is -2.58. The second-order valence-corrected chi connectivity index (χ2v) is 7.91. The Balaban J connectivity index is 2.99. The Morgan fingerprint density at radius 2 is 1.70 bits per heavy atom. The van der Waals surface area contributed by atoms with E-state index in [9.17, 15) is 29.1 Å². The molecule has 0 bridgehead atoms. The number of carboxylic acid groups (broad SMARTS) is 1. The Labute approximate surface area is 191 Å². The summed E-state index contributed by atoms with van der Waals surface area (Å²) >= 11 is 0. The lowest BCUT2D eigenvalue weighted by molar-refractivity contribution is -0.142. The van der Waals surface area contributed by atoms with Gasteiger partial charge in [-0.15, -0.1) is 0 Å². The van der Waals surface area contributed by atoms with E-state index >= 15 is 0 Å². The molecule has 33 heavy (non-hydrogen) atoms. The van der Waals surface area contributed by atoms with Crippen molar-refractivity contribution < 1.29 is 29.1 Å². The van der Waals surface area contributed by atoms with Crippen LogP contribution in [0.4, 0.5) is 0 Å². The third-order valence-corrected chi connectivity index (χ3v) is 5.11. The summed E-state index contributed by atoms with van der Waals surface area (Å²) in [5, 5.41) is 17.0. The summed E-state index contributed by atoms with van der Waals surface area (Å²) in [5.41, 5.74) is 11.2. The Kier molecular flexibility index (Phi) is 11.0. The van der Waals surface area contributed by atoms with Gasteiger partial charge in [-0.2, -0.15) is 0 Å². The van der Waals surface area contributed by atoms with Crippen molar-refractivity contribution in [2.24, 2.45) is 17.4 Å². The Bertz CT molecular complexity index is 827. The fraction of sp³-hybridized carbons (Fsp3) is 0.600. The number of nitrogens with two attached hydrogens (primary N) is 2. The molecule has 0 aliphatic carbocycles. The predicted molar refractivity (Wildman–Crippen MR) is 117 cm³/mol. The number of carbonyl (C=O) groups excluding carboxylic acids is 4. The molecule has 0 spiro atoms. The van der Waals surface area contributed by atoms with E-state index in [0.29, 0.717) is 12.1 Å². The van der Waals surface area contributed by atoms with Gasteiger partial charge in [-0.3, -0.25) is 19.2 Å². The van der Waals surface area contributed by atoms with E-state index in [1.807, 2.05) is 0 Å². The summed E-state index contributed by atoms with van der Waals surface area (Å²) in [4.78, 5) is 67.3. The van der Waals surface area contributed by atoms with Gasteiger partial charge in [0.15, 0.2) is 0 Å². The van der Waals surface area contributed by atoms with Gasteiger partial charge in [-0.25, -0.2) is 9.78 Å². The number of carboxylic acids is 1. The number of hydrogen-bond acceptors (Lipinski definition) is 7. The normalized spacial score (nSPS) is 15.4. The highest BCUT2D eigenvalue weighted by Crippen LogP contribution is 2.11. The maximum atomic E-state index is 12.9. The second kappa shape index (κ2) is 13.2. The molecule has 5 atom stereocenters. The van der Waals surface area contributed by atoms with E-state index < -0.39 is 53.8 Å². The second-order valence-electron chi connectivity index (χ2n) is 7.91. The Morgan fingerprint density at radius 1 is 1.06 bits per heavy atom. The number of amides is 4. The number of aliphatic carboxylic acids is 1. The minimum absolute atomic E-state index is 0.0338. The van der Waals surface area contributed by atoms with Crippen LogP contribution in [0.5, 0.6) is 0 Å². The maximum Gasteiger partial charge on any atom is 0.326 e. The number of hydrogen-bond donors (Lipinski definition) is 7. The molecule has 0 aliphatic heterocycles. The summed E-state index contributed by atoms with van der Waals surface area (Å²) < 4.78 is 0. The van der Waals surface area contributed by atoms with Gasteiger partial charge in [0.2, 0.25) is 23.6 Å².